The van der Waals surface area contributed by atoms with Crippen molar-refractivity contribution in [2.45, 2.75) is 25.6 Å². The van der Waals surface area contributed by atoms with Crippen LogP contribution in [0.2, 0.25) is 0 Å². The fraction of sp³-hybridized carbons (Fsp3) is 0.318. The summed E-state index contributed by atoms with van der Waals surface area (Å²) in [6.45, 7) is 2.04. The molecule has 0 radical (unpaired) electrons. The molecule has 3 rings (SSSR count). The van der Waals surface area contributed by atoms with Crippen LogP contribution >= 0.6 is 0 Å². The molecular weight excluding hydrogens is 405 g/mol. The molecule has 1 fully saturated rings. The van der Waals surface area contributed by atoms with E-state index in [1.807, 2.05) is 0 Å². The zero-order valence-corrected chi connectivity index (χ0v) is 17.3. The Kier molecular flexibility index (Phi) is 7.19. The van der Waals surface area contributed by atoms with Gasteiger partial charge in [-0.3, -0.25) is 14.5 Å². The van der Waals surface area contributed by atoms with Crippen molar-refractivity contribution in [3.05, 3.63) is 65.5 Å². The van der Waals surface area contributed by atoms with E-state index in [1.165, 1.54) is 31.1 Å². The molecule has 9 heteroatoms. The molecule has 1 aliphatic rings. The topological polar surface area (TPSA) is 97.0 Å². The van der Waals surface area contributed by atoms with Crippen molar-refractivity contribution < 1.29 is 28.2 Å². The molecule has 1 heterocycles. The SMILES string of the molecule is COCCNC(=O)C1C(c2cccc(NC(C)=O)c2)OC(=O)N1Cc1ccc(F)cc1. The van der Waals surface area contributed by atoms with Crippen LogP contribution in [0.1, 0.15) is 24.2 Å². The number of rotatable bonds is 8. The number of ether oxygens (including phenoxy) is 2. The van der Waals surface area contributed by atoms with Crippen LogP contribution in [-0.2, 0) is 25.6 Å². The maximum atomic E-state index is 13.3. The highest BCUT2D eigenvalue weighted by atomic mass is 19.1. The normalized spacial score (nSPS) is 17.9. The summed E-state index contributed by atoms with van der Waals surface area (Å²) in [7, 11) is 1.52. The number of nitrogens with one attached hydrogen (secondary N) is 2. The summed E-state index contributed by atoms with van der Waals surface area (Å²) < 4.78 is 23.8. The van der Waals surface area contributed by atoms with Crippen molar-refractivity contribution in [2.24, 2.45) is 0 Å². The summed E-state index contributed by atoms with van der Waals surface area (Å²) >= 11 is 0. The summed E-state index contributed by atoms with van der Waals surface area (Å²) in [4.78, 5) is 38.4. The first-order valence-corrected chi connectivity index (χ1v) is 9.75. The molecule has 164 valence electrons. The van der Waals surface area contributed by atoms with E-state index in [9.17, 15) is 18.8 Å². The van der Waals surface area contributed by atoms with Crippen molar-refractivity contribution in [1.29, 1.82) is 0 Å². The molecule has 0 aliphatic carbocycles. The summed E-state index contributed by atoms with van der Waals surface area (Å²) in [6.07, 6.45) is -1.55. The van der Waals surface area contributed by atoms with Gasteiger partial charge in [-0.05, 0) is 35.4 Å². The van der Waals surface area contributed by atoms with Crippen LogP contribution in [0.4, 0.5) is 14.9 Å². The van der Waals surface area contributed by atoms with Crippen LogP contribution in [-0.4, -0.2) is 49.1 Å². The van der Waals surface area contributed by atoms with Gasteiger partial charge in [0.1, 0.15) is 5.82 Å². The second kappa shape index (κ2) is 10.0. The molecular formula is C22H24FN3O5. The molecule has 0 bridgehead atoms. The van der Waals surface area contributed by atoms with Crippen molar-refractivity contribution in [3.8, 4) is 0 Å². The number of amides is 3. The van der Waals surface area contributed by atoms with E-state index in [-0.39, 0.29) is 19.0 Å². The molecule has 2 atom stereocenters. The molecule has 1 aliphatic heterocycles. The zero-order chi connectivity index (χ0) is 22.4. The number of halogens is 1. The Morgan fingerprint density at radius 2 is 1.94 bits per heavy atom. The van der Waals surface area contributed by atoms with Gasteiger partial charge in [0.2, 0.25) is 11.8 Å². The Hall–Kier alpha value is -3.46. The van der Waals surface area contributed by atoms with Crippen molar-refractivity contribution in [3.63, 3.8) is 0 Å². The maximum absolute atomic E-state index is 13.3. The van der Waals surface area contributed by atoms with Gasteiger partial charge >= 0.3 is 6.09 Å². The third kappa shape index (κ3) is 5.58. The minimum atomic E-state index is -0.956. The van der Waals surface area contributed by atoms with Gasteiger partial charge in [0.25, 0.3) is 0 Å². The van der Waals surface area contributed by atoms with Crippen molar-refractivity contribution >= 4 is 23.6 Å². The van der Waals surface area contributed by atoms with Gasteiger partial charge in [-0.2, -0.15) is 0 Å². The highest BCUT2D eigenvalue weighted by Gasteiger charge is 2.47. The number of methoxy groups -OCH3 is 1. The fourth-order valence-corrected chi connectivity index (χ4v) is 3.37. The molecule has 2 aromatic carbocycles. The maximum Gasteiger partial charge on any atom is 0.411 e. The summed E-state index contributed by atoms with van der Waals surface area (Å²) in [5.74, 6) is -1.04. The smallest absolute Gasteiger partial charge is 0.411 e. The first kappa shape index (κ1) is 22.2. The quantitative estimate of drug-likeness (QED) is 0.629. The van der Waals surface area contributed by atoms with E-state index in [0.717, 1.165) is 0 Å². The number of benzene rings is 2. The first-order valence-electron chi connectivity index (χ1n) is 9.75. The van der Waals surface area contributed by atoms with Crippen LogP contribution in [0.3, 0.4) is 0 Å². The zero-order valence-electron chi connectivity index (χ0n) is 17.3. The number of carbonyl (C=O) groups excluding carboxylic acids is 3. The number of cyclic esters (lactones) is 1. The van der Waals surface area contributed by atoms with Crippen LogP contribution in [0, 0.1) is 5.82 Å². The lowest BCUT2D eigenvalue weighted by atomic mass is 10.00. The Bertz CT molecular complexity index is 950. The molecule has 0 saturated carbocycles. The van der Waals surface area contributed by atoms with Gasteiger partial charge in [0.05, 0.1) is 13.2 Å². The van der Waals surface area contributed by atoms with Gasteiger partial charge in [0, 0.05) is 26.3 Å². The number of hydrogen-bond acceptors (Lipinski definition) is 5. The van der Waals surface area contributed by atoms with E-state index >= 15 is 0 Å². The standard InChI is InChI=1S/C22H24FN3O5/c1-14(27)25-18-5-3-4-16(12-18)20-19(21(28)24-10-11-30-2)26(22(29)31-20)13-15-6-8-17(23)9-7-15/h3-9,12,19-20H,10-11,13H2,1-2H3,(H,24,28)(H,25,27). The largest absolute Gasteiger partial charge is 0.438 e. The molecule has 31 heavy (non-hydrogen) atoms. The van der Waals surface area contributed by atoms with Crippen LogP contribution in [0.5, 0.6) is 0 Å². The molecule has 0 spiro atoms. The summed E-state index contributed by atoms with van der Waals surface area (Å²) in [5.41, 5.74) is 1.74. The summed E-state index contributed by atoms with van der Waals surface area (Å²) in [5, 5.41) is 5.43. The van der Waals surface area contributed by atoms with Gasteiger partial charge in [-0.15, -0.1) is 0 Å². The third-order valence-corrected chi connectivity index (χ3v) is 4.76. The van der Waals surface area contributed by atoms with Gasteiger partial charge in [-0.25, -0.2) is 9.18 Å². The highest BCUT2D eigenvalue weighted by molar-refractivity contribution is 5.90. The number of hydrogen-bond donors (Lipinski definition) is 2. The minimum Gasteiger partial charge on any atom is -0.438 e. The van der Waals surface area contributed by atoms with E-state index < -0.39 is 30.0 Å². The second-order valence-electron chi connectivity index (χ2n) is 7.09. The van der Waals surface area contributed by atoms with E-state index in [4.69, 9.17) is 9.47 Å². The van der Waals surface area contributed by atoms with Crippen LogP contribution in [0.25, 0.3) is 0 Å². The monoisotopic (exact) mass is 429 g/mol. The number of carbonyl (C=O) groups is 3. The molecule has 3 amide bonds. The Morgan fingerprint density at radius 1 is 1.19 bits per heavy atom. The van der Waals surface area contributed by atoms with Gasteiger partial charge in [0.15, 0.2) is 12.1 Å². The lowest BCUT2D eigenvalue weighted by molar-refractivity contribution is -0.126. The average Bonchev–Trinajstić information content (AvgIpc) is 3.06. The van der Waals surface area contributed by atoms with Gasteiger partial charge in [-0.1, -0.05) is 24.3 Å². The van der Waals surface area contributed by atoms with E-state index in [1.54, 1.807) is 36.4 Å². The molecule has 2 N–H and O–H groups in total. The first-order chi connectivity index (χ1) is 14.9. The van der Waals surface area contributed by atoms with E-state index in [2.05, 4.69) is 10.6 Å². The highest BCUT2D eigenvalue weighted by Crippen LogP contribution is 2.35. The third-order valence-electron chi connectivity index (χ3n) is 4.76. The van der Waals surface area contributed by atoms with Crippen molar-refractivity contribution in [1.82, 2.24) is 10.2 Å². The van der Waals surface area contributed by atoms with Crippen LogP contribution in [0.15, 0.2) is 48.5 Å². The molecule has 2 unspecified atom stereocenters. The predicted molar refractivity (Wildman–Crippen MR) is 111 cm³/mol. The fourth-order valence-electron chi connectivity index (χ4n) is 3.37. The predicted octanol–water partition coefficient (Wildman–Crippen LogP) is 2.61. The van der Waals surface area contributed by atoms with Gasteiger partial charge < -0.3 is 20.1 Å². The molecule has 1 saturated heterocycles. The second-order valence-corrected chi connectivity index (χ2v) is 7.09. The molecule has 8 nitrogen and oxygen atoms in total. The Balaban J connectivity index is 1.90. The molecule has 0 aromatic heterocycles. The van der Waals surface area contributed by atoms with E-state index in [0.29, 0.717) is 23.4 Å². The average molecular weight is 429 g/mol. The molecule has 2 aromatic rings. The number of anilines is 1. The van der Waals surface area contributed by atoms with Crippen molar-refractivity contribution in [2.75, 3.05) is 25.6 Å². The number of nitrogens with zero attached hydrogens (tertiary/aromatic N) is 1. The van der Waals surface area contributed by atoms with Crippen LogP contribution < -0.4 is 10.6 Å². The lowest BCUT2D eigenvalue weighted by Gasteiger charge is -2.24. The Labute approximate surface area is 179 Å². The summed E-state index contributed by atoms with van der Waals surface area (Å²) in [6, 6.07) is 11.5. The lowest BCUT2D eigenvalue weighted by Crippen LogP contribution is -2.47. The minimum absolute atomic E-state index is 0.0728. The Morgan fingerprint density at radius 3 is 2.61 bits per heavy atom.